The van der Waals surface area contributed by atoms with Gasteiger partial charge in [-0.15, -0.1) is 0 Å². The molecule has 138 valence electrons. The van der Waals surface area contributed by atoms with E-state index in [4.69, 9.17) is 14.6 Å². The third kappa shape index (κ3) is 12.1. The van der Waals surface area contributed by atoms with Crippen molar-refractivity contribution in [2.24, 2.45) is 0 Å². The van der Waals surface area contributed by atoms with E-state index < -0.39 is 30.5 Å². The minimum Gasteiger partial charge on any atom is -0.444 e. The zero-order chi connectivity index (χ0) is 18.1. The number of carbonyl (C=O) groups excluding carboxylic acids is 1. The predicted molar refractivity (Wildman–Crippen MR) is 79.2 cm³/mol. The van der Waals surface area contributed by atoms with Crippen LogP contribution < -0.4 is 10.6 Å². The molecule has 0 rings (SSSR count). The average Bonchev–Trinajstić information content (AvgIpc) is 2.37. The molecule has 3 N–H and O–H groups in total. The molecule has 0 aromatic carbocycles. The molecule has 0 aliphatic carbocycles. The summed E-state index contributed by atoms with van der Waals surface area (Å²) in [5.41, 5.74) is -0.585. The fourth-order valence-corrected chi connectivity index (χ4v) is 1.69. The standard InChI is InChI=1S/C14H27F3N2O4/c1-13(2,3)23-12(21)18-7-5-6-10(9-22-4)19-8-11(20)14(15,16)17/h10-11,19-20H,5-9H2,1-4H3,(H,18,21). The van der Waals surface area contributed by atoms with Gasteiger partial charge in [0.1, 0.15) is 5.60 Å². The molecule has 23 heavy (non-hydrogen) atoms. The van der Waals surface area contributed by atoms with E-state index in [0.29, 0.717) is 19.4 Å². The smallest absolute Gasteiger partial charge is 0.415 e. The quantitative estimate of drug-likeness (QED) is 0.556. The van der Waals surface area contributed by atoms with E-state index >= 15 is 0 Å². The SMILES string of the molecule is COCC(CCCNC(=O)OC(C)(C)C)NCC(O)C(F)(F)F. The largest absolute Gasteiger partial charge is 0.444 e. The molecule has 0 saturated heterocycles. The topological polar surface area (TPSA) is 79.8 Å². The number of methoxy groups -OCH3 is 1. The maximum absolute atomic E-state index is 12.2. The number of alkyl carbamates (subject to hydrolysis) is 1. The predicted octanol–water partition coefficient (Wildman–Crippen LogP) is 1.82. The molecule has 0 aliphatic rings. The summed E-state index contributed by atoms with van der Waals surface area (Å²) < 4.78 is 46.7. The van der Waals surface area contributed by atoms with Gasteiger partial charge in [-0.2, -0.15) is 13.2 Å². The molecule has 0 saturated carbocycles. The molecular formula is C14H27F3N2O4. The summed E-state index contributed by atoms with van der Waals surface area (Å²) in [5.74, 6) is 0. The van der Waals surface area contributed by atoms with E-state index in [0.717, 1.165) is 0 Å². The van der Waals surface area contributed by atoms with Crippen molar-refractivity contribution in [3.8, 4) is 0 Å². The molecule has 0 heterocycles. The summed E-state index contributed by atoms with van der Waals surface area (Å²) in [4.78, 5) is 11.4. The van der Waals surface area contributed by atoms with E-state index in [1.165, 1.54) is 7.11 Å². The van der Waals surface area contributed by atoms with Crippen LogP contribution in [-0.2, 0) is 9.47 Å². The Balaban J connectivity index is 4.03. The van der Waals surface area contributed by atoms with Crippen LogP contribution in [-0.4, -0.2) is 61.9 Å². The first-order chi connectivity index (χ1) is 10.5. The van der Waals surface area contributed by atoms with Crippen LogP contribution >= 0.6 is 0 Å². The number of ether oxygens (including phenoxy) is 2. The lowest BCUT2D eigenvalue weighted by atomic mass is 10.1. The number of halogens is 3. The van der Waals surface area contributed by atoms with E-state index in [1.54, 1.807) is 20.8 Å². The Labute approximate surface area is 134 Å². The molecule has 0 aliphatic heterocycles. The highest BCUT2D eigenvalue weighted by molar-refractivity contribution is 5.67. The number of rotatable bonds is 9. The maximum atomic E-state index is 12.2. The van der Waals surface area contributed by atoms with Gasteiger partial charge in [-0.05, 0) is 33.6 Å². The van der Waals surface area contributed by atoms with E-state index in [1.807, 2.05) is 0 Å². The molecule has 2 unspecified atom stereocenters. The monoisotopic (exact) mass is 344 g/mol. The van der Waals surface area contributed by atoms with Crippen molar-refractivity contribution in [2.75, 3.05) is 26.8 Å². The summed E-state index contributed by atoms with van der Waals surface area (Å²) in [5, 5.41) is 14.1. The van der Waals surface area contributed by atoms with Crippen molar-refractivity contribution < 1.29 is 32.5 Å². The molecule has 0 aromatic rings. The molecule has 0 aromatic heterocycles. The van der Waals surface area contributed by atoms with Gasteiger partial charge in [0.15, 0.2) is 6.10 Å². The van der Waals surface area contributed by atoms with E-state index in [2.05, 4.69) is 10.6 Å². The van der Waals surface area contributed by atoms with Gasteiger partial charge in [-0.1, -0.05) is 0 Å². The van der Waals surface area contributed by atoms with Crippen molar-refractivity contribution in [1.82, 2.24) is 10.6 Å². The number of carbonyl (C=O) groups is 1. The van der Waals surface area contributed by atoms with Gasteiger partial charge in [0.05, 0.1) is 6.61 Å². The van der Waals surface area contributed by atoms with Crippen LogP contribution in [0.3, 0.4) is 0 Å². The van der Waals surface area contributed by atoms with Gasteiger partial charge in [0, 0.05) is 26.2 Å². The first kappa shape index (κ1) is 21.9. The van der Waals surface area contributed by atoms with Crippen LogP contribution in [0, 0.1) is 0 Å². The number of amides is 1. The van der Waals surface area contributed by atoms with E-state index in [-0.39, 0.29) is 12.6 Å². The minimum absolute atomic E-state index is 0.205. The Morgan fingerprint density at radius 3 is 2.35 bits per heavy atom. The van der Waals surface area contributed by atoms with Crippen LogP contribution in [0.25, 0.3) is 0 Å². The normalized spacial score (nSPS) is 15.1. The zero-order valence-corrected chi connectivity index (χ0v) is 14.0. The molecule has 0 fully saturated rings. The Bertz CT molecular complexity index is 346. The number of aliphatic hydroxyl groups excluding tert-OH is 1. The van der Waals surface area contributed by atoms with Crippen molar-refractivity contribution in [1.29, 1.82) is 0 Å². The number of hydrogen-bond acceptors (Lipinski definition) is 5. The maximum Gasteiger partial charge on any atom is 0.415 e. The van der Waals surface area contributed by atoms with Gasteiger partial charge >= 0.3 is 12.3 Å². The highest BCUT2D eigenvalue weighted by atomic mass is 19.4. The van der Waals surface area contributed by atoms with Crippen LogP contribution in [0.15, 0.2) is 0 Å². The molecule has 2 atom stereocenters. The second-order valence-electron chi connectivity index (χ2n) is 6.19. The first-order valence-electron chi connectivity index (χ1n) is 7.39. The second kappa shape index (κ2) is 9.94. The van der Waals surface area contributed by atoms with Crippen LogP contribution in [0.2, 0.25) is 0 Å². The molecule has 0 spiro atoms. The Morgan fingerprint density at radius 1 is 1.26 bits per heavy atom. The van der Waals surface area contributed by atoms with Crippen molar-refractivity contribution >= 4 is 6.09 Å². The highest BCUT2D eigenvalue weighted by Crippen LogP contribution is 2.19. The molecule has 0 bridgehead atoms. The molecule has 6 nitrogen and oxygen atoms in total. The van der Waals surface area contributed by atoms with Crippen molar-refractivity contribution in [2.45, 2.75) is 57.5 Å². The fraction of sp³-hybridized carbons (Fsp3) is 0.929. The summed E-state index contributed by atoms with van der Waals surface area (Å²) in [6, 6.07) is -0.350. The number of hydrogen-bond donors (Lipinski definition) is 3. The Morgan fingerprint density at radius 2 is 1.87 bits per heavy atom. The Kier molecular flexibility index (Phi) is 9.48. The summed E-state index contributed by atoms with van der Waals surface area (Å²) in [6.07, 6.45) is -6.59. The molecular weight excluding hydrogens is 317 g/mol. The van der Waals surface area contributed by atoms with Gasteiger partial charge in [0.25, 0.3) is 0 Å². The third-order valence-electron chi connectivity index (χ3n) is 2.74. The second-order valence-corrected chi connectivity index (χ2v) is 6.19. The Hall–Kier alpha value is -1.06. The number of aliphatic hydroxyl groups is 1. The molecule has 9 heteroatoms. The lowest BCUT2D eigenvalue weighted by molar-refractivity contribution is -0.202. The summed E-state index contributed by atoms with van der Waals surface area (Å²) in [7, 11) is 1.44. The van der Waals surface area contributed by atoms with E-state index in [9.17, 15) is 18.0 Å². The highest BCUT2D eigenvalue weighted by Gasteiger charge is 2.38. The average molecular weight is 344 g/mol. The minimum atomic E-state index is -4.65. The zero-order valence-electron chi connectivity index (χ0n) is 14.0. The molecule has 1 amide bonds. The number of alkyl halides is 3. The summed E-state index contributed by atoms with van der Waals surface area (Å²) in [6.45, 7) is 5.18. The van der Waals surface area contributed by atoms with Gasteiger partial charge in [-0.3, -0.25) is 0 Å². The van der Waals surface area contributed by atoms with Gasteiger partial charge in [-0.25, -0.2) is 4.79 Å². The van der Waals surface area contributed by atoms with Gasteiger partial charge in [0.2, 0.25) is 0 Å². The van der Waals surface area contributed by atoms with Crippen molar-refractivity contribution in [3.05, 3.63) is 0 Å². The van der Waals surface area contributed by atoms with Crippen LogP contribution in [0.1, 0.15) is 33.6 Å². The summed E-state index contributed by atoms with van der Waals surface area (Å²) >= 11 is 0. The first-order valence-corrected chi connectivity index (χ1v) is 7.39. The third-order valence-corrected chi connectivity index (χ3v) is 2.74. The van der Waals surface area contributed by atoms with Crippen LogP contribution in [0.4, 0.5) is 18.0 Å². The fourth-order valence-electron chi connectivity index (χ4n) is 1.69. The van der Waals surface area contributed by atoms with Gasteiger partial charge < -0.3 is 25.2 Å². The lowest BCUT2D eigenvalue weighted by Gasteiger charge is -2.22. The molecule has 0 radical (unpaired) electrons. The lowest BCUT2D eigenvalue weighted by Crippen LogP contribution is -2.44. The number of nitrogens with one attached hydrogen (secondary N) is 2. The van der Waals surface area contributed by atoms with Crippen molar-refractivity contribution in [3.63, 3.8) is 0 Å². The van der Waals surface area contributed by atoms with Crippen LogP contribution in [0.5, 0.6) is 0 Å².